The Morgan fingerprint density at radius 1 is 1.53 bits per heavy atom. The third kappa shape index (κ3) is 3.77. The highest BCUT2D eigenvalue weighted by Gasteiger charge is 2.04. The number of benzene rings is 1. The van der Waals surface area contributed by atoms with Crippen LogP contribution in [0.15, 0.2) is 18.2 Å². The summed E-state index contributed by atoms with van der Waals surface area (Å²) in [5, 5.41) is 10.0. The van der Waals surface area contributed by atoms with Crippen LogP contribution in [-0.4, -0.2) is 5.25 Å². The maximum Gasteiger partial charge on any atom is 0.0992 e. The summed E-state index contributed by atoms with van der Waals surface area (Å²) in [4.78, 5) is 0. The van der Waals surface area contributed by atoms with Crippen molar-refractivity contribution in [3.05, 3.63) is 34.3 Å². The smallest absolute Gasteiger partial charge is 0.0992 e. The van der Waals surface area contributed by atoms with Crippen molar-refractivity contribution < 1.29 is 0 Å². The van der Waals surface area contributed by atoms with Crippen LogP contribution in [0.3, 0.4) is 0 Å². The molecule has 0 N–H and O–H groups in total. The largest absolute Gasteiger partial charge is 0.192 e. The van der Waals surface area contributed by atoms with Gasteiger partial charge in [0.25, 0.3) is 0 Å². The predicted octanol–water partition coefficient (Wildman–Crippen LogP) is 4.24. The van der Waals surface area contributed by atoms with Gasteiger partial charge in [-0.15, -0.1) is 0 Å². The van der Waals surface area contributed by atoms with E-state index >= 15 is 0 Å². The van der Waals surface area contributed by atoms with E-state index in [0.29, 0.717) is 15.8 Å². The van der Waals surface area contributed by atoms with E-state index in [9.17, 15) is 0 Å². The minimum atomic E-state index is 0.622. The normalized spacial score (nSPS) is 12.1. The lowest BCUT2D eigenvalue weighted by Gasteiger charge is -2.09. The quantitative estimate of drug-likeness (QED) is 0.785. The zero-order valence-corrected chi connectivity index (χ0v) is 10.5. The first-order valence-electron chi connectivity index (χ1n) is 4.97. The van der Waals surface area contributed by atoms with E-state index in [0.717, 1.165) is 11.3 Å². The molecule has 0 saturated heterocycles. The molecule has 1 atom stereocenters. The summed E-state index contributed by atoms with van der Waals surface area (Å²) in [6.45, 7) is 4.39. The molecule has 0 spiro atoms. The first-order chi connectivity index (χ1) is 7.17. The van der Waals surface area contributed by atoms with E-state index in [-0.39, 0.29) is 0 Å². The molecule has 0 aromatic heterocycles. The molecule has 0 bridgehead atoms. The van der Waals surface area contributed by atoms with Crippen molar-refractivity contribution in [3.8, 4) is 6.07 Å². The van der Waals surface area contributed by atoms with Crippen LogP contribution in [0.25, 0.3) is 0 Å². The minimum absolute atomic E-state index is 0.622. The molecule has 80 valence electrons. The van der Waals surface area contributed by atoms with Gasteiger partial charge in [-0.2, -0.15) is 17.0 Å². The van der Waals surface area contributed by atoms with E-state index in [1.165, 1.54) is 6.42 Å². The average Bonchev–Trinajstić information content (AvgIpc) is 2.26. The SMILES string of the molecule is CCC(C)SCc1ccc(C#N)cc1Cl. The Bertz CT molecular complexity index is 370. The first kappa shape index (κ1) is 12.4. The van der Waals surface area contributed by atoms with Gasteiger partial charge in [0.1, 0.15) is 0 Å². The van der Waals surface area contributed by atoms with E-state index in [4.69, 9.17) is 16.9 Å². The summed E-state index contributed by atoms with van der Waals surface area (Å²) in [7, 11) is 0. The van der Waals surface area contributed by atoms with Crippen LogP contribution in [0.5, 0.6) is 0 Å². The fourth-order valence-corrected chi connectivity index (χ4v) is 2.36. The van der Waals surface area contributed by atoms with Crippen LogP contribution in [0.1, 0.15) is 31.4 Å². The van der Waals surface area contributed by atoms with Crippen LogP contribution in [0.2, 0.25) is 5.02 Å². The molecule has 1 aromatic rings. The number of hydrogen-bond acceptors (Lipinski definition) is 2. The molecule has 1 unspecified atom stereocenters. The third-order valence-electron chi connectivity index (χ3n) is 2.28. The van der Waals surface area contributed by atoms with Gasteiger partial charge in [0.05, 0.1) is 11.6 Å². The lowest BCUT2D eigenvalue weighted by atomic mass is 10.2. The molecule has 0 aliphatic rings. The van der Waals surface area contributed by atoms with Gasteiger partial charge in [-0.05, 0) is 24.1 Å². The Morgan fingerprint density at radius 2 is 2.27 bits per heavy atom. The molecule has 1 aromatic carbocycles. The number of rotatable bonds is 4. The fraction of sp³-hybridized carbons (Fsp3) is 0.417. The van der Waals surface area contributed by atoms with Crippen LogP contribution in [0.4, 0.5) is 0 Å². The highest BCUT2D eigenvalue weighted by Crippen LogP contribution is 2.25. The molecule has 3 heteroatoms. The molecular formula is C12H14ClNS. The molecule has 0 heterocycles. The van der Waals surface area contributed by atoms with Gasteiger partial charge in [-0.3, -0.25) is 0 Å². The van der Waals surface area contributed by atoms with Gasteiger partial charge >= 0.3 is 0 Å². The highest BCUT2D eigenvalue weighted by molar-refractivity contribution is 7.99. The van der Waals surface area contributed by atoms with Gasteiger partial charge in [-0.1, -0.05) is 31.5 Å². The van der Waals surface area contributed by atoms with Crippen molar-refractivity contribution in [3.63, 3.8) is 0 Å². The summed E-state index contributed by atoms with van der Waals surface area (Å²) in [5.41, 5.74) is 1.73. The summed E-state index contributed by atoms with van der Waals surface area (Å²) in [5.74, 6) is 0.916. The Labute approximate surface area is 100 Å². The third-order valence-corrected chi connectivity index (χ3v) is 4.01. The minimum Gasteiger partial charge on any atom is -0.192 e. The number of nitriles is 1. The lowest BCUT2D eigenvalue weighted by Crippen LogP contribution is -1.94. The standard InChI is InChI=1S/C12H14ClNS/c1-3-9(2)15-8-11-5-4-10(7-14)6-12(11)13/h4-6,9H,3,8H2,1-2H3. The second-order valence-corrected chi connectivity index (χ2v) is 5.28. The molecule has 0 amide bonds. The van der Waals surface area contributed by atoms with Crippen LogP contribution >= 0.6 is 23.4 Å². The topological polar surface area (TPSA) is 23.8 Å². The van der Waals surface area contributed by atoms with Crippen LogP contribution in [0, 0.1) is 11.3 Å². The Kier molecular flexibility index (Phi) is 5.01. The van der Waals surface area contributed by atoms with Crippen molar-refractivity contribution in [2.24, 2.45) is 0 Å². The summed E-state index contributed by atoms with van der Waals surface area (Å²) in [6, 6.07) is 7.57. The number of halogens is 1. The second-order valence-electron chi connectivity index (χ2n) is 3.45. The van der Waals surface area contributed by atoms with Crippen molar-refractivity contribution >= 4 is 23.4 Å². The molecule has 0 radical (unpaired) electrons. The Morgan fingerprint density at radius 3 is 2.80 bits per heavy atom. The zero-order valence-electron chi connectivity index (χ0n) is 8.96. The predicted molar refractivity (Wildman–Crippen MR) is 67.2 cm³/mol. The molecule has 0 aliphatic carbocycles. The zero-order chi connectivity index (χ0) is 11.3. The van der Waals surface area contributed by atoms with Gasteiger partial charge in [-0.25, -0.2) is 0 Å². The highest BCUT2D eigenvalue weighted by atomic mass is 35.5. The summed E-state index contributed by atoms with van der Waals surface area (Å²) in [6.07, 6.45) is 1.17. The van der Waals surface area contributed by atoms with E-state index < -0.39 is 0 Å². The van der Waals surface area contributed by atoms with E-state index in [1.54, 1.807) is 6.07 Å². The van der Waals surface area contributed by atoms with Gasteiger partial charge < -0.3 is 0 Å². The molecule has 1 rings (SSSR count). The van der Waals surface area contributed by atoms with Crippen LogP contribution in [-0.2, 0) is 5.75 Å². The Hall–Kier alpha value is -0.650. The van der Waals surface area contributed by atoms with Crippen molar-refractivity contribution in [2.75, 3.05) is 0 Å². The monoisotopic (exact) mass is 239 g/mol. The summed E-state index contributed by atoms with van der Waals surface area (Å²) < 4.78 is 0. The molecule has 0 aliphatic heterocycles. The maximum atomic E-state index is 8.70. The first-order valence-corrected chi connectivity index (χ1v) is 6.40. The molecule has 0 saturated carbocycles. The van der Waals surface area contributed by atoms with Gasteiger partial charge in [0.15, 0.2) is 0 Å². The van der Waals surface area contributed by atoms with Crippen molar-refractivity contribution in [1.29, 1.82) is 5.26 Å². The van der Waals surface area contributed by atoms with E-state index in [1.807, 2.05) is 23.9 Å². The van der Waals surface area contributed by atoms with Gasteiger partial charge in [0, 0.05) is 16.0 Å². The maximum absolute atomic E-state index is 8.70. The fourth-order valence-electron chi connectivity index (χ4n) is 1.08. The van der Waals surface area contributed by atoms with Crippen LogP contribution < -0.4 is 0 Å². The number of hydrogen-bond donors (Lipinski definition) is 0. The van der Waals surface area contributed by atoms with Crippen molar-refractivity contribution in [1.82, 2.24) is 0 Å². The summed E-state index contributed by atoms with van der Waals surface area (Å²) >= 11 is 7.96. The van der Waals surface area contributed by atoms with Gasteiger partial charge in [0.2, 0.25) is 0 Å². The molecular weight excluding hydrogens is 226 g/mol. The van der Waals surface area contributed by atoms with Crippen molar-refractivity contribution in [2.45, 2.75) is 31.3 Å². The number of nitrogens with zero attached hydrogens (tertiary/aromatic N) is 1. The molecule has 15 heavy (non-hydrogen) atoms. The lowest BCUT2D eigenvalue weighted by molar-refractivity contribution is 0.905. The average molecular weight is 240 g/mol. The Balaban J connectivity index is 2.67. The molecule has 0 fully saturated rings. The number of thioether (sulfide) groups is 1. The second kappa shape index (κ2) is 6.05. The molecule has 1 nitrogen and oxygen atoms in total. The van der Waals surface area contributed by atoms with E-state index in [2.05, 4.69) is 19.9 Å².